The molecule has 1 aliphatic rings. The number of rotatable bonds is 7. The fourth-order valence-corrected chi connectivity index (χ4v) is 2.88. The van der Waals surface area contributed by atoms with Gasteiger partial charge in [0.05, 0.1) is 6.20 Å². The van der Waals surface area contributed by atoms with Crippen LogP contribution in [-0.2, 0) is 11.5 Å². The largest absolute Gasteiger partial charge is 0.471 e. The fraction of sp³-hybridized carbons (Fsp3) is 0.625. The van der Waals surface area contributed by atoms with Gasteiger partial charge in [-0.25, -0.2) is 9.67 Å². The molecule has 0 N–H and O–H groups in total. The SMILES string of the molecule is CC1(Oc2ccc3nn(COCC[Si](C)(C)C)cc3n2)CC1. The summed E-state index contributed by atoms with van der Waals surface area (Å²) in [5.74, 6) is 0.687. The maximum atomic E-state index is 5.89. The summed E-state index contributed by atoms with van der Waals surface area (Å²) in [7, 11) is -1.04. The van der Waals surface area contributed by atoms with E-state index in [0.717, 1.165) is 30.5 Å². The molecule has 1 fully saturated rings. The van der Waals surface area contributed by atoms with Gasteiger partial charge in [-0.1, -0.05) is 19.6 Å². The highest BCUT2D eigenvalue weighted by Crippen LogP contribution is 2.39. The van der Waals surface area contributed by atoms with Crippen LogP contribution in [0.2, 0.25) is 25.7 Å². The van der Waals surface area contributed by atoms with E-state index in [-0.39, 0.29) is 5.60 Å². The smallest absolute Gasteiger partial charge is 0.214 e. The number of hydrogen-bond acceptors (Lipinski definition) is 4. The molecule has 0 unspecified atom stereocenters. The maximum Gasteiger partial charge on any atom is 0.214 e. The number of nitrogens with zero attached hydrogens (tertiary/aromatic N) is 3. The first-order valence-electron chi connectivity index (χ1n) is 7.94. The molecule has 0 aromatic carbocycles. The second-order valence-corrected chi connectivity index (χ2v) is 13.2. The summed E-state index contributed by atoms with van der Waals surface area (Å²) in [6.45, 7) is 10.5. The van der Waals surface area contributed by atoms with Gasteiger partial charge in [0.25, 0.3) is 0 Å². The third-order valence-corrected chi connectivity index (χ3v) is 5.61. The molecular weight excluding hydrogens is 294 g/mol. The third kappa shape index (κ3) is 4.07. The van der Waals surface area contributed by atoms with Crippen LogP contribution >= 0.6 is 0 Å². The molecular formula is C16H25N3O2Si. The Labute approximate surface area is 132 Å². The molecule has 0 aliphatic heterocycles. The van der Waals surface area contributed by atoms with Crippen LogP contribution in [0.4, 0.5) is 0 Å². The first-order chi connectivity index (χ1) is 10.3. The van der Waals surface area contributed by atoms with Gasteiger partial charge < -0.3 is 9.47 Å². The first kappa shape index (κ1) is 15.5. The summed E-state index contributed by atoms with van der Waals surface area (Å²) in [6, 6.07) is 5.03. The van der Waals surface area contributed by atoms with Crippen LogP contribution in [0, 0.1) is 0 Å². The van der Waals surface area contributed by atoms with Gasteiger partial charge in [-0.05, 0) is 31.9 Å². The molecule has 0 radical (unpaired) electrons. The van der Waals surface area contributed by atoms with Crippen molar-refractivity contribution >= 4 is 19.1 Å². The Morgan fingerprint density at radius 3 is 2.68 bits per heavy atom. The minimum absolute atomic E-state index is 0.00335. The zero-order valence-electron chi connectivity index (χ0n) is 13.9. The quantitative estimate of drug-likeness (QED) is 0.577. The standard InChI is InChI=1S/C16H25N3O2Si/c1-16(7-8-16)21-15-6-5-13-14(17-15)11-19(18-13)12-20-9-10-22(2,3)4/h5-6,11H,7-10,12H2,1-4H3. The molecule has 0 atom stereocenters. The van der Waals surface area contributed by atoms with Gasteiger partial charge in [0, 0.05) is 20.7 Å². The molecule has 1 saturated carbocycles. The van der Waals surface area contributed by atoms with Crippen LogP contribution in [-0.4, -0.2) is 35.0 Å². The van der Waals surface area contributed by atoms with Gasteiger partial charge in [-0.15, -0.1) is 0 Å². The lowest BCUT2D eigenvalue weighted by Crippen LogP contribution is -2.22. The lowest BCUT2D eigenvalue weighted by molar-refractivity contribution is 0.0791. The van der Waals surface area contributed by atoms with Crippen molar-refractivity contribution < 1.29 is 9.47 Å². The summed E-state index contributed by atoms with van der Waals surface area (Å²) >= 11 is 0. The Balaban J connectivity index is 1.60. The van der Waals surface area contributed by atoms with Gasteiger partial charge in [-0.2, -0.15) is 5.10 Å². The van der Waals surface area contributed by atoms with Gasteiger partial charge >= 0.3 is 0 Å². The van der Waals surface area contributed by atoms with Crippen LogP contribution < -0.4 is 4.74 Å². The van der Waals surface area contributed by atoms with Crippen molar-refractivity contribution in [2.45, 2.75) is 57.8 Å². The molecule has 0 spiro atoms. The molecule has 1 aliphatic carbocycles. The van der Waals surface area contributed by atoms with E-state index in [4.69, 9.17) is 9.47 Å². The number of fused-ring (bicyclic) bond motifs is 1. The predicted molar refractivity (Wildman–Crippen MR) is 89.9 cm³/mol. The van der Waals surface area contributed by atoms with Gasteiger partial charge in [0.15, 0.2) is 0 Å². The number of ether oxygens (including phenoxy) is 2. The van der Waals surface area contributed by atoms with Gasteiger partial charge in [0.2, 0.25) is 5.88 Å². The van der Waals surface area contributed by atoms with Crippen molar-refractivity contribution in [1.29, 1.82) is 0 Å². The second-order valence-electron chi connectivity index (χ2n) is 7.62. The van der Waals surface area contributed by atoms with Gasteiger partial charge in [-0.3, -0.25) is 0 Å². The zero-order valence-corrected chi connectivity index (χ0v) is 14.9. The molecule has 3 rings (SSSR count). The van der Waals surface area contributed by atoms with E-state index in [0.29, 0.717) is 12.6 Å². The average Bonchev–Trinajstić information content (AvgIpc) is 2.99. The Hall–Kier alpha value is -1.40. The first-order valence-corrected chi connectivity index (χ1v) is 11.6. The summed E-state index contributed by atoms with van der Waals surface area (Å²) in [5.41, 5.74) is 1.73. The van der Waals surface area contributed by atoms with Crippen molar-refractivity contribution in [3.8, 4) is 5.88 Å². The van der Waals surface area contributed by atoms with Crippen molar-refractivity contribution in [1.82, 2.24) is 14.8 Å². The third-order valence-electron chi connectivity index (χ3n) is 3.91. The Bertz CT molecular complexity index is 659. The van der Waals surface area contributed by atoms with E-state index in [2.05, 4.69) is 36.6 Å². The highest BCUT2D eigenvalue weighted by Gasteiger charge is 2.40. The van der Waals surface area contributed by atoms with E-state index in [1.165, 1.54) is 6.04 Å². The Kier molecular flexibility index (Phi) is 3.99. The molecule has 22 heavy (non-hydrogen) atoms. The van der Waals surface area contributed by atoms with Crippen molar-refractivity contribution in [2.24, 2.45) is 0 Å². The van der Waals surface area contributed by atoms with Crippen LogP contribution in [0.25, 0.3) is 11.0 Å². The molecule has 2 aromatic heterocycles. The molecule has 2 aromatic rings. The highest BCUT2D eigenvalue weighted by molar-refractivity contribution is 6.76. The number of aromatic nitrogens is 3. The normalized spacial score (nSPS) is 16.9. The van der Waals surface area contributed by atoms with Gasteiger partial charge in [0.1, 0.15) is 23.4 Å². The molecule has 120 valence electrons. The molecule has 0 saturated heterocycles. The minimum atomic E-state index is -1.04. The van der Waals surface area contributed by atoms with Crippen LogP contribution in [0.1, 0.15) is 19.8 Å². The van der Waals surface area contributed by atoms with Crippen LogP contribution in [0.15, 0.2) is 18.3 Å². The second kappa shape index (κ2) is 5.66. The predicted octanol–water partition coefficient (Wildman–Crippen LogP) is 3.67. The van der Waals surface area contributed by atoms with Crippen molar-refractivity contribution in [2.75, 3.05) is 6.61 Å². The number of pyridine rings is 1. The monoisotopic (exact) mass is 319 g/mol. The zero-order chi connectivity index (χ0) is 15.8. The van der Waals surface area contributed by atoms with E-state index >= 15 is 0 Å². The molecule has 0 bridgehead atoms. The molecule has 6 heteroatoms. The minimum Gasteiger partial charge on any atom is -0.471 e. The summed E-state index contributed by atoms with van der Waals surface area (Å²) < 4.78 is 13.4. The van der Waals surface area contributed by atoms with Crippen molar-refractivity contribution in [3.05, 3.63) is 18.3 Å². The summed E-state index contributed by atoms with van der Waals surface area (Å²) in [5, 5.41) is 4.48. The maximum absolute atomic E-state index is 5.89. The van der Waals surface area contributed by atoms with Crippen LogP contribution in [0.3, 0.4) is 0 Å². The van der Waals surface area contributed by atoms with E-state index in [1.54, 1.807) is 0 Å². The number of hydrogen-bond donors (Lipinski definition) is 0. The summed E-state index contributed by atoms with van der Waals surface area (Å²) in [6.07, 6.45) is 4.14. The molecule has 0 amide bonds. The fourth-order valence-electron chi connectivity index (χ4n) is 2.13. The van der Waals surface area contributed by atoms with Crippen LogP contribution in [0.5, 0.6) is 5.88 Å². The lowest BCUT2D eigenvalue weighted by Gasteiger charge is -2.15. The average molecular weight is 319 g/mol. The Morgan fingerprint density at radius 2 is 2.00 bits per heavy atom. The lowest BCUT2D eigenvalue weighted by atomic mass is 10.4. The molecule has 2 heterocycles. The van der Waals surface area contributed by atoms with E-state index in [1.807, 2.05) is 23.0 Å². The molecule has 5 nitrogen and oxygen atoms in total. The van der Waals surface area contributed by atoms with Crippen molar-refractivity contribution in [3.63, 3.8) is 0 Å². The van der Waals surface area contributed by atoms with E-state index in [9.17, 15) is 0 Å². The summed E-state index contributed by atoms with van der Waals surface area (Å²) in [4.78, 5) is 4.53. The van der Waals surface area contributed by atoms with E-state index < -0.39 is 8.07 Å². The topological polar surface area (TPSA) is 49.2 Å². The highest BCUT2D eigenvalue weighted by atomic mass is 28.3. The Morgan fingerprint density at radius 1 is 1.23 bits per heavy atom.